The highest BCUT2D eigenvalue weighted by molar-refractivity contribution is 9.10. The number of halogens is 2. The fourth-order valence-electron chi connectivity index (χ4n) is 4.64. The van der Waals surface area contributed by atoms with E-state index in [-0.39, 0.29) is 12.1 Å². The molecule has 0 spiro atoms. The van der Waals surface area contributed by atoms with Gasteiger partial charge in [0, 0.05) is 27.7 Å². The van der Waals surface area contributed by atoms with Crippen LogP contribution >= 0.6 is 39.7 Å². The van der Waals surface area contributed by atoms with Crippen LogP contribution in [-0.4, -0.2) is 14.7 Å². The lowest BCUT2D eigenvalue weighted by Gasteiger charge is -2.28. The average molecular weight is 538 g/mol. The van der Waals surface area contributed by atoms with Crippen molar-refractivity contribution in [3.8, 4) is 5.69 Å². The molecule has 3 heterocycles. The number of thiocarbonyl (C=S) groups is 1. The Labute approximate surface area is 212 Å². The van der Waals surface area contributed by atoms with E-state index >= 15 is 0 Å². The van der Waals surface area contributed by atoms with Gasteiger partial charge in [0.1, 0.15) is 0 Å². The van der Waals surface area contributed by atoms with E-state index in [2.05, 4.69) is 67.7 Å². The summed E-state index contributed by atoms with van der Waals surface area (Å²) in [4.78, 5) is 6.85. The third-order valence-corrected chi connectivity index (χ3v) is 7.25. The van der Waals surface area contributed by atoms with Crippen LogP contribution in [0.3, 0.4) is 0 Å². The summed E-state index contributed by atoms with van der Waals surface area (Å²) in [5, 5.41) is 4.94. The van der Waals surface area contributed by atoms with Gasteiger partial charge in [0.05, 0.1) is 28.5 Å². The first-order valence-corrected chi connectivity index (χ1v) is 12.2. The zero-order chi connectivity index (χ0) is 23.1. The maximum Gasteiger partial charge on any atom is 0.174 e. The first-order valence-electron chi connectivity index (χ1n) is 10.7. The van der Waals surface area contributed by atoms with Crippen molar-refractivity contribution < 1.29 is 0 Å². The molecule has 1 aliphatic rings. The van der Waals surface area contributed by atoms with E-state index in [1.807, 2.05) is 60.8 Å². The highest BCUT2D eigenvalue weighted by Crippen LogP contribution is 2.44. The summed E-state index contributed by atoms with van der Waals surface area (Å²) in [6.45, 7) is 4.25. The second kappa shape index (κ2) is 8.93. The molecule has 0 amide bonds. The molecule has 2 atom stereocenters. The van der Waals surface area contributed by atoms with E-state index < -0.39 is 0 Å². The lowest BCUT2D eigenvalue weighted by atomic mass is 9.96. The molecule has 0 bridgehead atoms. The van der Waals surface area contributed by atoms with Gasteiger partial charge >= 0.3 is 0 Å². The molecular weight excluding hydrogens is 516 g/mol. The topological polar surface area (TPSA) is 33.1 Å². The van der Waals surface area contributed by atoms with Crippen LogP contribution in [0.15, 0.2) is 83.5 Å². The molecule has 0 aliphatic carbocycles. The number of hydrogen-bond acceptors (Lipinski definition) is 2. The van der Waals surface area contributed by atoms with Crippen molar-refractivity contribution in [2.75, 3.05) is 4.90 Å². The standard InChI is InChI=1S/C26H22BrClN4S/c1-16-15-20(17(2)31(16)23-9-4-3-7-21(23)28)25-24(22-8-5-6-14-29-22)30-26(33)32(25)19-12-10-18(27)11-13-19/h3-15,24-25H,1-2H3,(H,30,33)/t24-,25-/m0/s1. The van der Waals surface area contributed by atoms with Crippen LogP contribution in [0, 0.1) is 13.8 Å². The Morgan fingerprint density at radius 3 is 2.42 bits per heavy atom. The van der Waals surface area contributed by atoms with Crippen LogP contribution < -0.4 is 10.2 Å². The molecule has 2 aromatic heterocycles. The van der Waals surface area contributed by atoms with Gasteiger partial charge in [-0.05, 0) is 86.2 Å². The monoisotopic (exact) mass is 536 g/mol. The fourth-order valence-corrected chi connectivity index (χ4v) is 5.47. The minimum Gasteiger partial charge on any atom is -0.351 e. The quantitative estimate of drug-likeness (QED) is 0.282. The average Bonchev–Trinajstić information content (AvgIpc) is 3.31. The predicted molar refractivity (Wildman–Crippen MR) is 142 cm³/mol. The summed E-state index contributed by atoms with van der Waals surface area (Å²) in [6, 6.07) is 24.2. The largest absolute Gasteiger partial charge is 0.351 e. The predicted octanol–water partition coefficient (Wildman–Crippen LogP) is 7.08. The molecule has 33 heavy (non-hydrogen) atoms. The molecule has 1 aliphatic heterocycles. The SMILES string of the molecule is Cc1cc([C@H]2[C@H](c3ccccn3)NC(=S)N2c2ccc(Br)cc2)c(C)n1-c1ccccc1Cl. The number of pyridine rings is 1. The van der Waals surface area contributed by atoms with Gasteiger partial charge in [-0.1, -0.05) is 45.7 Å². The Balaban J connectivity index is 1.69. The molecule has 0 unspecified atom stereocenters. The Morgan fingerprint density at radius 2 is 1.73 bits per heavy atom. The van der Waals surface area contributed by atoms with Gasteiger partial charge in [-0.15, -0.1) is 0 Å². The van der Waals surface area contributed by atoms with E-state index in [9.17, 15) is 0 Å². The molecule has 7 heteroatoms. The van der Waals surface area contributed by atoms with Gasteiger partial charge < -0.3 is 14.8 Å². The summed E-state index contributed by atoms with van der Waals surface area (Å²) >= 11 is 16.0. The summed E-state index contributed by atoms with van der Waals surface area (Å²) in [5.74, 6) is 0. The minimum absolute atomic E-state index is 0.0731. The number of anilines is 1. The Bertz CT molecular complexity index is 1320. The number of benzene rings is 2. The van der Waals surface area contributed by atoms with Gasteiger partial charge in [0.2, 0.25) is 0 Å². The van der Waals surface area contributed by atoms with E-state index in [0.717, 1.165) is 38.0 Å². The van der Waals surface area contributed by atoms with Crippen LogP contribution in [0.4, 0.5) is 5.69 Å². The normalized spacial score (nSPS) is 17.9. The van der Waals surface area contributed by atoms with E-state index in [4.69, 9.17) is 23.8 Å². The number of para-hydroxylation sites is 1. The number of nitrogens with zero attached hydrogens (tertiary/aromatic N) is 3. The molecule has 2 aromatic carbocycles. The molecule has 1 saturated heterocycles. The lowest BCUT2D eigenvalue weighted by Crippen LogP contribution is -2.29. The van der Waals surface area contributed by atoms with Gasteiger partial charge in [-0.2, -0.15) is 0 Å². The van der Waals surface area contributed by atoms with Crippen molar-refractivity contribution >= 4 is 50.5 Å². The number of nitrogens with one attached hydrogen (secondary N) is 1. The molecule has 166 valence electrons. The van der Waals surface area contributed by atoms with Gasteiger partial charge in [0.25, 0.3) is 0 Å². The third-order valence-electron chi connectivity index (χ3n) is 6.09. The Kier molecular flexibility index (Phi) is 5.99. The highest BCUT2D eigenvalue weighted by Gasteiger charge is 2.42. The fraction of sp³-hybridized carbons (Fsp3) is 0.154. The zero-order valence-electron chi connectivity index (χ0n) is 18.2. The summed E-state index contributed by atoms with van der Waals surface area (Å²) < 4.78 is 3.24. The van der Waals surface area contributed by atoms with Gasteiger partial charge in [-0.3, -0.25) is 4.98 Å². The highest BCUT2D eigenvalue weighted by atomic mass is 79.9. The van der Waals surface area contributed by atoms with Crippen LogP contribution in [0.25, 0.3) is 5.69 Å². The zero-order valence-corrected chi connectivity index (χ0v) is 21.3. The smallest absolute Gasteiger partial charge is 0.174 e. The maximum absolute atomic E-state index is 6.58. The van der Waals surface area contributed by atoms with Crippen LogP contribution in [0.5, 0.6) is 0 Å². The number of aromatic nitrogens is 2. The number of hydrogen-bond donors (Lipinski definition) is 1. The van der Waals surface area contributed by atoms with Crippen molar-refractivity contribution in [2.24, 2.45) is 0 Å². The number of aryl methyl sites for hydroxylation is 1. The first kappa shape index (κ1) is 22.1. The van der Waals surface area contributed by atoms with E-state index in [1.54, 1.807) is 0 Å². The lowest BCUT2D eigenvalue weighted by molar-refractivity contribution is 0.565. The second-order valence-corrected chi connectivity index (χ2v) is 9.80. The van der Waals surface area contributed by atoms with E-state index in [0.29, 0.717) is 5.11 Å². The van der Waals surface area contributed by atoms with Crippen molar-refractivity contribution in [3.05, 3.63) is 111 Å². The van der Waals surface area contributed by atoms with Crippen molar-refractivity contribution in [1.82, 2.24) is 14.9 Å². The maximum atomic E-state index is 6.58. The molecule has 0 saturated carbocycles. The van der Waals surface area contributed by atoms with Gasteiger partial charge in [0.15, 0.2) is 5.11 Å². The first-order chi connectivity index (χ1) is 16.0. The van der Waals surface area contributed by atoms with Gasteiger partial charge in [-0.25, -0.2) is 0 Å². The van der Waals surface area contributed by atoms with Crippen molar-refractivity contribution in [3.63, 3.8) is 0 Å². The van der Waals surface area contributed by atoms with Crippen LogP contribution in [-0.2, 0) is 0 Å². The molecule has 1 N–H and O–H groups in total. The Morgan fingerprint density at radius 1 is 1.00 bits per heavy atom. The molecule has 1 fully saturated rings. The van der Waals surface area contributed by atoms with Crippen molar-refractivity contribution in [1.29, 1.82) is 0 Å². The van der Waals surface area contributed by atoms with E-state index in [1.165, 1.54) is 5.56 Å². The Hall–Kier alpha value is -2.67. The number of rotatable bonds is 4. The molecule has 4 nitrogen and oxygen atoms in total. The molecule has 5 rings (SSSR count). The second-order valence-electron chi connectivity index (χ2n) is 8.09. The summed E-state index contributed by atoms with van der Waals surface area (Å²) in [7, 11) is 0. The van der Waals surface area contributed by atoms with Crippen molar-refractivity contribution in [2.45, 2.75) is 25.9 Å². The van der Waals surface area contributed by atoms with Crippen LogP contribution in [0.1, 0.15) is 34.7 Å². The molecular formula is C26H22BrClN4S. The minimum atomic E-state index is -0.0949. The third kappa shape index (κ3) is 3.97. The molecule has 0 radical (unpaired) electrons. The molecule has 4 aromatic rings. The summed E-state index contributed by atoms with van der Waals surface area (Å²) in [6.07, 6.45) is 1.83. The summed E-state index contributed by atoms with van der Waals surface area (Å²) in [5.41, 5.74) is 6.37. The van der Waals surface area contributed by atoms with Crippen LogP contribution in [0.2, 0.25) is 5.02 Å².